The maximum Gasteiger partial charge on any atom is 0.191 e. The number of carbonyl (C=O) groups excluding carboxylic acids is 1. The van der Waals surface area contributed by atoms with Crippen LogP contribution in [0.4, 0.5) is 0 Å². The third-order valence-electron chi connectivity index (χ3n) is 2.32. The quantitative estimate of drug-likeness (QED) is 0.496. The normalized spacial score (nSPS) is 30.2. The van der Waals surface area contributed by atoms with E-state index in [1.165, 1.54) is 0 Å². The van der Waals surface area contributed by atoms with Gasteiger partial charge >= 0.3 is 0 Å². The molecule has 4 heteroatoms. The van der Waals surface area contributed by atoms with Crippen LogP contribution in [0.1, 0.15) is 6.42 Å². The van der Waals surface area contributed by atoms with Crippen molar-refractivity contribution >= 4 is 11.7 Å². The minimum atomic E-state index is 0.121. The third-order valence-corrected chi connectivity index (χ3v) is 2.32. The second-order valence-electron chi connectivity index (χ2n) is 3.06. The van der Waals surface area contributed by atoms with Crippen molar-refractivity contribution in [3.05, 3.63) is 0 Å². The van der Waals surface area contributed by atoms with Crippen LogP contribution in [0.5, 0.6) is 0 Å². The molecule has 2 bridgehead atoms. The van der Waals surface area contributed by atoms with Crippen LogP contribution in [-0.4, -0.2) is 36.3 Å². The predicted molar refractivity (Wildman–Crippen MR) is 41.2 cm³/mol. The summed E-state index contributed by atoms with van der Waals surface area (Å²) in [5, 5.41) is 0. The number of hydrogen-bond donors (Lipinski definition) is 1. The molecule has 1 unspecified atom stereocenters. The van der Waals surface area contributed by atoms with Crippen molar-refractivity contribution in [2.45, 2.75) is 6.42 Å². The summed E-state index contributed by atoms with van der Waals surface area (Å²) in [7, 11) is 0. The van der Waals surface area contributed by atoms with Crippen LogP contribution in [-0.2, 0) is 4.79 Å². The predicted octanol–water partition coefficient (Wildman–Crippen LogP) is -0.794. The Morgan fingerprint density at radius 3 is 3.27 bits per heavy atom. The van der Waals surface area contributed by atoms with Crippen LogP contribution in [0, 0.1) is 5.92 Å². The molecule has 0 radical (unpaired) electrons. The van der Waals surface area contributed by atoms with Crippen molar-refractivity contribution in [3.8, 4) is 0 Å². The highest BCUT2D eigenvalue weighted by atomic mass is 16.1. The minimum Gasteiger partial charge on any atom is -0.370 e. The van der Waals surface area contributed by atoms with Crippen molar-refractivity contribution in [1.29, 1.82) is 0 Å². The lowest BCUT2D eigenvalue weighted by atomic mass is 9.96. The number of piperidine rings is 1. The van der Waals surface area contributed by atoms with Gasteiger partial charge in [0.15, 0.2) is 5.96 Å². The van der Waals surface area contributed by atoms with Crippen molar-refractivity contribution in [2.24, 2.45) is 16.6 Å². The Balaban J connectivity index is 2.21. The lowest BCUT2D eigenvalue weighted by Crippen LogP contribution is -2.51. The Hall–Kier alpha value is -1.06. The number of fused-ring (bicyclic) bond motifs is 2. The topological polar surface area (TPSA) is 58.7 Å². The first-order valence-corrected chi connectivity index (χ1v) is 3.85. The Kier molecular flexibility index (Phi) is 1.34. The number of ketones is 1. The standard InChI is InChI=1S/C7H11N3O/c8-7-9-3-5-4-10(7)2-1-6(5)11/h5H,1-4H2,(H2,8,9). The Bertz CT molecular complexity index is 224. The van der Waals surface area contributed by atoms with Crippen LogP contribution in [0.2, 0.25) is 0 Å². The highest BCUT2D eigenvalue weighted by Crippen LogP contribution is 2.16. The van der Waals surface area contributed by atoms with Crippen molar-refractivity contribution < 1.29 is 4.79 Å². The molecule has 2 heterocycles. The van der Waals surface area contributed by atoms with Crippen LogP contribution in [0.15, 0.2) is 4.99 Å². The monoisotopic (exact) mass is 153 g/mol. The zero-order chi connectivity index (χ0) is 7.84. The van der Waals surface area contributed by atoms with E-state index in [-0.39, 0.29) is 5.92 Å². The van der Waals surface area contributed by atoms with E-state index in [4.69, 9.17) is 5.73 Å². The zero-order valence-electron chi connectivity index (χ0n) is 6.29. The third kappa shape index (κ3) is 0.982. The fourth-order valence-electron chi connectivity index (χ4n) is 1.58. The number of carbonyl (C=O) groups is 1. The van der Waals surface area contributed by atoms with Gasteiger partial charge in [-0.15, -0.1) is 0 Å². The number of rotatable bonds is 0. The first kappa shape index (κ1) is 6.64. The summed E-state index contributed by atoms with van der Waals surface area (Å²) in [6.07, 6.45) is 0.640. The number of Topliss-reactive ketones (excluding diaryl/α,β-unsaturated/α-hetero) is 1. The first-order chi connectivity index (χ1) is 5.27. The van der Waals surface area contributed by atoms with E-state index in [0.717, 1.165) is 13.1 Å². The number of hydrogen-bond acceptors (Lipinski definition) is 4. The van der Waals surface area contributed by atoms with Crippen molar-refractivity contribution in [2.75, 3.05) is 19.6 Å². The summed E-state index contributed by atoms with van der Waals surface area (Å²) in [5.74, 6) is 1.07. The number of aliphatic imine (C=N–C) groups is 1. The molecule has 0 spiro atoms. The molecule has 2 aliphatic heterocycles. The Morgan fingerprint density at radius 2 is 2.45 bits per heavy atom. The molecule has 60 valence electrons. The van der Waals surface area contributed by atoms with Crippen LogP contribution >= 0.6 is 0 Å². The smallest absolute Gasteiger partial charge is 0.191 e. The lowest BCUT2D eigenvalue weighted by Gasteiger charge is -2.35. The molecular formula is C7H11N3O. The van der Waals surface area contributed by atoms with Crippen molar-refractivity contribution in [3.63, 3.8) is 0 Å². The molecule has 0 aromatic rings. The van der Waals surface area contributed by atoms with E-state index in [1.807, 2.05) is 4.90 Å². The summed E-state index contributed by atoms with van der Waals surface area (Å²) in [6.45, 7) is 2.14. The number of guanidine groups is 1. The van der Waals surface area contributed by atoms with Crippen LogP contribution in [0.3, 0.4) is 0 Å². The summed E-state index contributed by atoms with van der Waals surface area (Å²) >= 11 is 0. The Labute approximate surface area is 65.1 Å². The molecule has 1 fully saturated rings. The highest BCUT2D eigenvalue weighted by Gasteiger charge is 2.30. The summed E-state index contributed by atoms with van der Waals surface area (Å²) in [4.78, 5) is 17.2. The fraction of sp³-hybridized carbons (Fsp3) is 0.714. The summed E-state index contributed by atoms with van der Waals surface area (Å²) in [5.41, 5.74) is 5.60. The molecule has 1 saturated heterocycles. The van der Waals surface area contributed by atoms with Gasteiger partial charge in [0.25, 0.3) is 0 Å². The van der Waals surface area contributed by atoms with E-state index in [9.17, 15) is 4.79 Å². The average molecular weight is 153 g/mol. The van der Waals surface area contributed by atoms with E-state index in [1.54, 1.807) is 0 Å². The maximum atomic E-state index is 11.2. The van der Waals surface area contributed by atoms with Gasteiger partial charge in [-0.3, -0.25) is 9.79 Å². The first-order valence-electron chi connectivity index (χ1n) is 3.85. The van der Waals surface area contributed by atoms with Gasteiger partial charge in [-0.1, -0.05) is 0 Å². The second-order valence-corrected chi connectivity index (χ2v) is 3.06. The van der Waals surface area contributed by atoms with E-state index < -0.39 is 0 Å². The molecule has 0 aromatic carbocycles. The molecule has 11 heavy (non-hydrogen) atoms. The maximum absolute atomic E-state index is 11.2. The molecule has 0 aliphatic carbocycles. The molecule has 0 amide bonds. The van der Waals surface area contributed by atoms with Gasteiger partial charge in [0.2, 0.25) is 0 Å². The molecule has 4 nitrogen and oxygen atoms in total. The lowest BCUT2D eigenvalue weighted by molar-refractivity contribution is -0.125. The highest BCUT2D eigenvalue weighted by molar-refractivity contribution is 5.88. The number of nitrogens with two attached hydrogens (primary N) is 1. The largest absolute Gasteiger partial charge is 0.370 e. The van der Waals surface area contributed by atoms with E-state index >= 15 is 0 Å². The number of nitrogens with zero attached hydrogens (tertiary/aromatic N) is 2. The van der Waals surface area contributed by atoms with Gasteiger partial charge < -0.3 is 10.6 Å². The van der Waals surface area contributed by atoms with Gasteiger partial charge in [0.1, 0.15) is 5.78 Å². The Morgan fingerprint density at radius 1 is 1.64 bits per heavy atom. The van der Waals surface area contributed by atoms with Gasteiger partial charge in [-0.05, 0) is 0 Å². The molecule has 2 aliphatic rings. The molecular weight excluding hydrogens is 142 g/mol. The van der Waals surface area contributed by atoms with E-state index in [2.05, 4.69) is 4.99 Å². The van der Waals surface area contributed by atoms with Gasteiger partial charge in [-0.25, -0.2) is 0 Å². The van der Waals surface area contributed by atoms with Crippen LogP contribution < -0.4 is 5.73 Å². The van der Waals surface area contributed by atoms with Crippen molar-refractivity contribution in [1.82, 2.24) is 4.90 Å². The summed E-state index contributed by atoms with van der Waals surface area (Å²) in [6, 6.07) is 0. The zero-order valence-corrected chi connectivity index (χ0v) is 6.29. The van der Waals surface area contributed by atoms with E-state index in [0.29, 0.717) is 24.7 Å². The minimum absolute atomic E-state index is 0.121. The van der Waals surface area contributed by atoms with Gasteiger partial charge in [0, 0.05) is 19.5 Å². The van der Waals surface area contributed by atoms with Crippen LogP contribution in [0.25, 0.3) is 0 Å². The molecule has 2 N–H and O–H groups in total. The van der Waals surface area contributed by atoms with Gasteiger partial charge in [0.05, 0.1) is 12.5 Å². The molecule has 0 saturated carbocycles. The summed E-state index contributed by atoms with van der Waals surface area (Å²) < 4.78 is 0. The molecule has 1 atom stereocenters. The SMILES string of the molecule is NC1=NCC2CN1CCC2=O. The fourth-order valence-corrected chi connectivity index (χ4v) is 1.58. The average Bonchev–Trinajstić information content (AvgIpc) is 2.02. The molecule has 0 aromatic heterocycles. The molecule has 2 rings (SSSR count). The second kappa shape index (κ2) is 2.22. The van der Waals surface area contributed by atoms with Gasteiger partial charge in [-0.2, -0.15) is 0 Å².